The first-order valence-corrected chi connectivity index (χ1v) is 8.35. The van der Waals surface area contributed by atoms with Crippen LogP contribution in [0.3, 0.4) is 0 Å². The highest BCUT2D eigenvalue weighted by Crippen LogP contribution is 2.21. The van der Waals surface area contributed by atoms with E-state index in [1.165, 1.54) is 10.9 Å². The average Bonchev–Trinajstić information content (AvgIpc) is 2.96. The molecule has 122 valence electrons. The smallest absolute Gasteiger partial charge is 0.0834 e. The number of nitrogens with zero attached hydrogens (tertiary/aromatic N) is 3. The molecule has 0 spiro atoms. The molecule has 5 nitrogen and oxygen atoms in total. The maximum atomic E-state index is 10.4. The number of pyridine rings is 1. The van der Waals surface area contributed by atoms with Crippen LogP contribution in [0.2, 0.25) is 0 Å². The van der Waals surface area contributed by atoms with Crippen molar-refractivity contribution in [3.05, 3.63) is 42.1 Å². The predicted octanol–water partition coefficient (Wildman–Crippen LogP) is 1.11. The van der Waals surface area contributed by atoms with Crippen molar-refractivity contribution in [3.8, 4) is 0 Å². The van der Waals surface area contributed by atoms with E-state index in [1.807, 2.05) is 12.3 Å². The Bertz CT molecular complexity index is 672. The number of fused-ring (bicyclic) bond motifs is 1. The van der Waals surface area contributed by atoms with Gasteiger partial charge in [-0.1, -0.05) is 12.1 Å². The molecule has 1 aromatic heterocycles. The van der Waals surface area contributed by atoms with Crippen LogP contribution in [0.5, 0.6) is 0 Å². The van der Waals surface area contributed by atoms with Gasteiger partial charge in [0.2, 0.25) is 0 Å². The van der Waals surface area contributed by atoms with Gasteiger partial charge in [0.15, 0.2) is 0 Å². The first kappa shape index (κ1) is 15.0. The minimum atomic E-state index is -0.268. The molecule has 2 aliphatic heterocycles. The Hall–Kier alpha value is -1.53. The topological polar surface area (TPSA) is 48.8 Å². The lowest BCUT2D eigenvalue weighted by molar-refractivity contribution is -0.00618. The fraction of sp³-hybridized carbons (Fsp3) is 0.500. The number of aromatic nitrogens is 1. The highest BCUT2D eigenvalue weighted by molar-refractivity contribution is 5.78. The van der Waals surface area contributed by atoms with E-state index in [0.29, 0.717) is 0 Å². The molecule has 0 unspecified atom stereocenters. The normalized spacial score (nSPS) is 26.8. The number of aliphatic hydroxyl groups is 1. The number of hydrogen-bond donors (Lipinski definition) is 1. The second kappa shape index (κ2) is 6.53. The maximum Gasteiger partial charge on any atom is 0.0834 e. The van der Waals surface area contributed by atoms with E-state index in [2.05, 4.69) is 39.0 Å². The molecule has 2 fully saturated rings. The van der Waals surface area contributed by atoms with Gasteiger partial charge in [0, 0.05) is 50.3 Å². The van der Waals surface area contributed by atoms with Gasteiger partial charge in [0.05, 0.1) is 24.8 Å². The summed E-state index contributed by atoms with van der Waals surface area (Å²) in [6.07, 6.45) is 1.56. The number of β-amino-alcohol motifs (C(OH)–C–C–N with tert-alkyl or cyclic N) is 1. The van der Waals surface area contributed by atoms with Crippen LogP contribution in [-0.4, -0.2) is 71.4 Å². The molecule has 2 atom stereocenters. The number of aliphatic hydroxyl groups excluding tert-OH is 1. The van der Waals surface area contributed by atoms with E-state index in [0.717, 1.165) is 51.5 Å². The first-order chi connectivity index (χ1) is 11.3. The lowest BCUT2D eigenvalue weighted by Crippen LogP contribution is -2.48. The van der Waals surface area contributed by atoms with Gasteiger partial charge < -0.3 is 9.84 Å². The van der Waals surface area contributed by atoms with Crippen LogP contribution in [0.1, 0.15) is 5.56 Å². The molecule has 4 rings (SSSR count). The van der Waals surface area contributed by atoms with Gasteiger partial charge in [0.25, 0.3) is 0 Å². The molecule has 0 aliphatic carbocycles. The van der Waals surface area contributed by atoms with Gasteiger partial charge in [-0.25, -0.2) is 0 Å². The van der Waals surface area contributed by atoms with E-state index < -0.39 is 0 Å². The summed E-state index contributed by atoms with van der Waals surface area (Å²) in [5.41, 5.74) is 2.31. The summed E-state index contributed by atoms with van der Waals surface area (Å²) in [5, 5.41) is 11.6. The third-order valence-electron chi connectivity index (χ3n) is 4.92. The third kappa shape index (κ3) is 3.23. The standard InChI is InChI=1S/C18H23N3O2/c22-18-13-20(12-17(18)21-6-8-23-9-7-21)11-14-3-4-16-15(10-14)2-1-5-19-16/h1-5,10,17-18,22H,6-9,11-13H2/t17-,18-/m0/s1. The van der Waals surface area contributed by atoms with Crippen LogP contribution in [0.4, 0.5) is 0 Å². The first-order valence-electron chi connectivity index (χ1n) is 8.35. The molecule has 2 saturated heterocycles. The van der Waals surface area contributed by atoms with Crippen molar-refractivity contribution in [1.82, 2.24) is 14.8 Å². The summed E-state index contributed by atoms with van der Waals surface area (Å²) in [6, 6.07) is 10.7. The predicted molar refractivity (Wildman–Crippen MR) is 89.2 cm³/mol. The summed E-state index contributed by atoms with van der Waals surface area (Å²) >= 11 is 0. The third-order valence-corrected chi connectivity index (χ3v) is 4.92. The van der Waals surface area contributed by atoms with Crippen molar-refractivity contribution in [2.24, 2.45) is 0 Å². The number of likely N-dealkylation sites (tertiary alicyclic amines) is 1. The molecule has 0 amide bonds. The molecule has 2 aliphatic rings. The Kier molecular flexibility index (Phi) is 4.27. The van der Waals surface area contributed by atoms with Gasteiger partial charge in [-0.3, -0.25) is 14.8 Å². The van der Waals surface area contributed by atoms with E-state index >= 15 is 0 Å². The van der Waals surface area contributed by atoms with E-state index in [-0.39, 0.29) is 12.1 Å². The van der Waals surface area contributed by atoms with Crippen molar-refractivity contribution in [1.29, 1.82) is 0 Å². The molecule has 5 heteroatoms. The fourth-order valence-corrected chi connectivity index (χ4v) is 3.73. The number of benzene rings is 1. The van der Waals surface area contributed by atoms with Gasteiger partial charge in [-0.15, -0.1) is 0 Å². The second-order valence-electron chi connectivity index (χ2n) is 6.51. The quantitative estimate of drug-likeness (QED) is 0.920. The lowest BCUT2D eigenvalue weighted by atomic mass is 10.1. The molecule has 3 heterocycles. The van der Waals surface area contributed by atoms with Crippen LogP contribution in [0, 0.1) is 0 Å². The summed E-state index contributed by atoms with van der Waals surface area (Å²) in [7, 11) is 0. The lowest BCUT2D eigenvalue weighted by Gasteiger charge is -2.33. The maximum absolute atomic E-state index is 10.4. The van der Waals surface area contributed by atoms with Crippen molar-refractivity contribution < 1.29 is 9.84 Å². The van der Waals surface area contributed by atoms with Gasteiger partial charge in [0.1, 0.15) is 0 Å². The molecule has 0 radical (unpaired) electrons. The van der Waals surface area contributed by atoms with Crippen LogP contribution in [0.15, 0.2) is 36.5 Å². The van der Waals surface area contributed by atoms with Crippen molar-refractivity contribution >= 4 is 10.9 Å². The number of hydrogen-bond acceptors (Lipinski definition) is 5. The Morgan fingerprint density at radius 2 is 2.04 bits per heavy atom. The Morgan fingerprint density at radius 3 is 2.91 bits per heavy atom. The largest absolute Gasteiger partial charge is 0.390 e. The fourth-order valence-electron chi connectivity index (χ4n) is 3.73. The molecular formula is C18H23N3O2. The number of ether oxygens (including phenoxy) is 1. The highest BCUT2D eigenvalue weighted by Gasteiger charge is 2.35. The van der Waals surface area contributed by atoms with E-state index in [1.54, 1.807) is 0 Å². The van der Waals surface area contributed by atoms with Gasteiger partial charge >= 0.3 is 0 Å². The minimum Gasteiger partial charge on any atom is -0.390 e. The highest BCUT2D eigenvalue weighted by atomic mass is 16.5. The van der Waals surface area contributed by atoms with Crippen molar-refractivity contribution in [3.63, 3.8) is 0 Å². The summed E-state index contributed by atoms with van der Waals surface area (Å²) < 4.78 is 5.42. The molecule has 1 N–H and O–H groups in total. The molecule has 0 saturated carbocycles. The van der Waals surface area contributed by atoms with E-state index in [9.17, 15) is 5.11 Å². The SMILES string of the molecule is O[C@H]1CN(Cc2ccc3ncccc3c2)C[C@@H]1N1CCOCC1. The number of morpholine rings is 1. The summed E-state index contributed by atoms with van der Waals surface area (Å²) in [6.45, 7) is 5.96. The van der Waals surface area contributed by atoms with E-state index in [4.69, 9.17) is 4.74 Å². The molecular weight excluding hydrogens is 290 g/mol. The van der Waals surface area contributed by atoms with Crippen molar-refractivity contribution in [2.75, 3.05) is 39.4 Å². The van der Waals surface area contributed by atoms with Crippen LogP contribution >= 0.6 is 0 Å². The van der Waals surface area contributed by atoms with Crippen molar-refractivity contribution in [2.45, 2.75) is 18.7 Å². The second-order valence-corrected chi connectivity index (χ2v) is 6.51. The minimum absolute atomic E-state index is 0.237. The Labute approximate surface area is 136 Å². The van der Waals surface area contributed by atoms with Crippen LogP contribution in [0.25, 0.3) is 10.9 Å². The van der Waals surface area contributed by atoms with Gasteiger partial charge in [-0.2, -0.15) is 0 Å². The number of rotatable bonds is 3. The monoisotopic (exact) mass is 313 g/mol. The summed E-state index contributed by atoms with van der Waals surface area (Å²) in [5.74, 6) is 0. The van der Waals surface area contributed by atoms with Crippen LogP contribution in [-0.2, 0) is 11.3 Å². The zero-order chi connectivity index (χ0) is 15.6. The van der Waals surface area contributed by atoms with Gasteiger partial charge in [-0.05, 0) is 23.8 Å². The zero-order valence-corrected chi connectivity index (χ0v) is 13.3. The average molecular weight is 313 g/mol. The molecule has 1 aromatic carbocycles. The molecule has 2 aromatic rings. The zero-order valence-electron chi connectivity index (χ0n) is 13.3. The Morgan fingerprint density at radius 1 is 1.17 bits per heavy atom. The summed E-state index contributed by atoms with van der Waals surface area (Å²) in [4.78, 5) is 9.09. The Balaban J connectivity index is 1.44. The van der Waals surface area contributed by atoms with Crippen LogP contribution < -0.4 is 0 Å². The molecule has 23 heavy (non-hydrogen) atoms. The molecule has 0 bridgehead atoms.